The molecule has 0 aliphatic rings. The molecule has 2 N–H and O–H groups in total. The van der Waals surface area contributed by atoms with E-state index in [1.165, 1.54) is 0 Å². The molecule has 0 saturated heterocycles. The van der Waals surface area contributed by atoms with Crippen molar-refractivity contribution < 1.29 is 8.94 Å². The zero-order chi connectivity index (χ0) is 9.26. The van der Waals surface area contributed by atoms with E-state index in [4.69, 9.17) is 14.7 Å². The number of nitrogens with two attached hydrogens (primary N) is 1. The fourth-order valence-electron chi connectivity index (χ4n) is 1.01. The van der Waals surface area contributed by atoms with E-state index in [2.05, 4.69) is 10.1 Å². The van der Waals surface area contributed by atoms with Crippen molar-refractivity contribution in [2.24, 2.45) is 5.73 Å². The minimum absolute atomic E-state index is 0.368. The Morgan fingerprint density at radius 1 is 1.54 bits per heavy atom. The molecule has 0 unspecified atom stereocenters. The van der Waals surface area contributed by atoms with Gasteiger partial charge in [0.05, 0.1) is 12.1 Å². The van der Waals surface area contributed by atoms with Crippen LogP contribution in [0.5, 0.6) is 0 Å². The monoisotopic (exact) mass is 179 g/mol. The van der Waals surface area contributed by atoms with Gasteiger partial charge >= 0.3 is 0 Å². The Kier molecular flexibility index (Phi) is 1.86. The average molecular weight is 179 g/mol. The lowest BCUT2D eigenvalue weighted by Crippen LogP contribution is -1.92. The molecule has 2 heterocycles. The van der Waals surface area contributed by atoms with E-state index in [9.17, 15) is 0 Å². The van der Waals surface area contributed by atoms with Crippen molar-refractivity contribution in [3.05, 3.63) is 23.9 Å². The molecule has 0 aliphatic carbocycles. The van der Waals surface area contributed by atoms with Gasteiger partial charge in [0.2, 0.25) is 0 Å². The van der Waals surface area contributed by atoms with Gasteiger partial charge in [0, 0.05) is 0 Å². The molecule has 2 rings (SSSR count). The second kappa shape index (κ2) is 3.02. The van der Waals surface area contributed by atoms with Crippen LogP contribution < -0.4 is 5.73 Å². The predicted octanol–water partition coefficient (Wildman–Crippen LogP) is 1.10. The highest BCUT2D eigenvalue weighted by Crippen LogP contribution is 2.19. The van der Waals surface area contributed by atoms with Crippen molar-refractivity contribution >= 4 is 0 Å². The van der Waals surface area contributed by atoms with Crippen LogP contribution in [0.4, 0.5) is 0 Å². The number of aromatic nitrogens is 2. The molecule has 13 heavy (non-hydrogen) atoms. The van der Waals surface area contributed by atoms with Crippen LogP contribution in [0.25, 0.3) is 11.5 Å². The van der Waals surface area contributed by atoms with Gasteiger partial charge < -0.3 is 14.7 Å². The van der Waals surface area contributed by atoms with Crippen LogP contribution in [0.1, 0.15) is 11.6 Å². The molecule has 0 atom stereocenters. The molecule has 0 radical (unpaired) electrons. The standard InChI is InChI=1S/C8H9N3O2/c1-5-10-8(13-11-5)6-2-7(3-9)12-4-6/h2,4H,3,9H2,1H3. The molecular formula is C8H9N3O2. The normalized spacial score (nSPS) is 10.6. The lowest BCUT2D eigenvalue weighted by atomic mass is 10.3. The van der Waals surface area contributed by atoms with Crippen LogP contribution in [0.2, 0.25) is 0 Å². The van der Waals surface area contributed by atoms with Gasteiger partial charge in [-0.15, -0.1) is 0 Å². The molecule has 0 saturated carbocycles. The Labute approximate surface area is 74.5 Å². The SMILES string of the molecule is Cc1noc(-c2coc(CN)c2)n1. The van der Waals surface area contributed by atoms with E-state index in [0.29, 0.717) is 24.0 Å². The third-order valence-electron chi connectivity index (χ3n) is 1.63. The topological polar surface area (TPSA) is 78.1 Å². The molecule has 68 valence electrons. The molecule has 0 spiro atoms. The fourth-order valence-corrected chi connectivity index (χ4v) is 1.01. The van der Waals surface area contributed by atoms with Crippen LogP contribution in [0.15, 0.2) is 21.3 Å². The van der Waals surface area contributed by atoms with E-state index >= 15 is 0 Å². The van der Waals surface area contributed by atoms with Gasteiger partial charge in [-0.3, -0.25) is 0 Å². The molecule has 2 aromatic rings. The highest BCUT2D eigenvalue weighted by Gasteiger charge is 2.09. The van der Waals surface area contributed by atoms with Crippen molar-refractivity contribution in [3.8, 4) is 11.5 Å². The smallest absolute Gasteiger partial charge is 0.261 e. The lowest BCUT2D eigenvalue weighted by molar-refractivity contribution is 0.425. The largest absolute Gasteiger partial charge is 0.467 e. The van der Waals surface area contributed by atoms with Gasteiger partial charge in [0.1, 0.15) is 12.0 Å². The molecule has 5 nitrogen and oxygen atoms in total. The zero-order valence-corrected chi connectivity index (χ0v) is 7.15. The third-order valence-corrected chi connectivity index (χ3v) is 1.63. The second-order valence-corrected chi connectivity index (χ2v) is 2.65. The minimum Gasteiger partial charge on any atom is -0.467 e. The lowest BCUT2D eigenvalue weighted by Gasteiger charge is -1.82. The first-order chi connectivity index (χ1) is 6.29. The molecule has 0 fully saturated rings. The number of aryl methyl sites for hydroxylation is 1. The maximum Gasteiger partial charge on any atom is 0.261 e. The summed E-state index contributed by atoms with van der Waals surface area (Å²) in [5.74, 6) is 1.76. The maximum absolute atomic E-state index is 5.39. The molecule has 0 aliphatic heterocycles. The fraction of sp³-hybridized carbons (Fsp3) is 0.250. The quantitative estimate of drug-likeness (QED) is 0.746. The molecule has 2 aromatic heterocycles. The number of nitrogens with zero attached hydrogens (tertiary/aromatic N) is 2. The van der Waals surface area contributed by atoms with Crippen LogP contribution in [0.3, 0.4) is 0 Å². The van der Waals surface area contributed by atoms with Crippen molar-refractivity contribution in [3.63, 3.8) is 0 Å². The number of furan rings is 1. The zero-order valence-electron chi connectivity index (χ0n) is 7.15. The number of hydrogen-bond acceptors (Lipinski definition) is 5. The first-order valence-electron chi connectivity index (χ1n) is 3.88. The van der Waals surface area contributed by atoms with E-state index < -0.39 is 0 Å². The minimum atomic E-state index is 0.368. The summed E-state index contributed by atoms with van der Waals surface area (Å²) in [5, 5.41) is 3.67. The van der Waals surface area contributed by atoms with Gasteiger partial charge in [-0.2, -0.15) is 4.98 Å². The summed E-state index contributed by atoms with van der Waals surface area (Å²) in [6, 6.07) is 1.78. The number of rotatable bonds is 2. The Bertz CT molecular complexity index is 405. The van der Waals surface area contributed by atoms with Crippen molar-refractivity contribution in [2.75, 3.05) is 0 Å². The van der Waals surface area contributed by atoms with Crippen LogP contribution in [-0.4, -0.2) is 10.1 Å². The highest BCUT2D eigenvalue weighted by molar-refractivity contribution is 5.51. The molecule has 0 bridgehead atoms. The first-order valence-corrected chi connectivity index (χ1v) is 3.88. The summed E-state index contributed by atoms with van der Waals surface area (Å²) in [4.78, 5) is 4.05. The Hall–Kier alpha value is -1.62. The van der Waals surface area contributed by atoms with Crippen LogP contribution in [-0.2, 0) is 6.54 Å². The summed E-state index contributed by atoms with van der Waals surface area (Å²) in [6.45, 7) is 2.13. The summed E-state index contributed by atoms with van der Waals surface area (Å²) in [5.41, 5.74) is 6.15. The first kappa shape index (κ1) is 8.00. The summed E-state index contributed by atoms with van der Waals surface area (Å²) in [7, 11) is 0. The molecule has 0 aromatic carbocycles. The second-order valence-electron chi connectivity index (χ2n) is 2.65. The van der Waals surface area contributed by atoms with E-state index in [1.807, 2.05) is 0 Å². The van der Waals surface area contributed by atoms with Gasteiger partial charge in [-0.1, -0.05) is 5.16 Å². The summed E-state index contributed by atoms with van der Waals surface area (Å²) >= 11 is 0. The Balaban J connectivity index is 2.35. The van der Waals surface area contributed by atoms with Crippen molar-refractivity contribution in [1.82, 2.24) is 10.1 Å². The molecule has 5 heteroatoms. The van der Waals surface area contributed by atoms with Crippen molar-refractivity contribution in [2.45, 2.75) is 13.5 Å². The van der Waals surface area contributed by atoms with E-state index in [0.717, 1.165) is 5.56 Å². The predicted molar refractivity (Wildman–Crippen MR) is 44.6 cm³/mol. The van der Waals surface area contributed by atoms with Crippen LogP contribution in [0, 0.1) is 6.92 Å². The Morgan fingerprint density at radius 3 is 2.92 bits per heavy atom. The van der Waals surface area contributed by atoms with E-state index in [1.54, 1.807) is 19.3 Å². The highest BCUT2D eigenvalue weighted by atomic mass is 16.5. The van der Waals surface area contributed by atoms with Gasteiger partial charge in [0.25, 0.3) is 5.89 Å². The van der Waals surface area contributed by atoms with Gasteiger partial charge in [-0.05, 0) is 13.0 Å². The number of hydrogen-bond donors (Lipinski definition) is 1. The van der Waals surface area contributed by atoms with Crippen LogP contribution >= 0.6 is 0 Å². The van der Waals surface area contributed by atoms with Gasteiger partial charge in [-0.25, -0.2) is 0 Å². The average Bonchev–Trinajstić information content (AvgIpc) is 2.71. The third kappa shape index (κ3) is 1.46. The van der Waals surface area contributed by atoms with Crippen molar-refractivity contribution in [1.29, 1.82) is 0 Å². The Morgan fingerprint density at radius 2 is 2.38 bits per heavy atom. The van der Waals surface area contributed by atoms with Gasteiger partial charge in [0.15, 0.2) is 5.82 Å². The van der Waals surface area contributed by atoms with E-state index in [-0.39, 0.29) is 0 Å². The maximum atomic E-state index is 5.39. The summed E-state index contributed by atoms with van der Waals surface area (Å²) in [6.07, 6.45) is 1.55. The molecule has 0 amide bonds. The molecular weight excluding hydrogens is 170 g/mol. The summed E-state index contributed by atoms with van der Waals surface area (Å²) < 4.78 is 10.1.